The summed E-state index contributed by atoms with van der Waals surface area (Å²) in [5, 5.41) is 10.4. The van der Waals surface area contributed by atoms with Crippen LogP contribution in [-0.4, -0.2) is 17.3 Å². The summed E-state index contributed by atoms with van der Waals surface area (Å²) in [6, 6.07) is 0. The van der Waals surface area contributed by atoms with Gasteiger partial charge in [0.15, 0.2) is 0 Å². The molecule has 0 aromatic carbocycles. The molecular formula is C10H19NO. The molecule has 0 saturated heterocycles. The van der Waals surface area contributed by atoms with E-state index in [1.807, 2.05) is 0 Å². The van der Waals surface area contributed by atoms with Crippen LogP contribution < -0.4 is 5.73 Å². The molecule has 2 unspecified atom stereocenters. The topological polar surface area (TPSA) is 46.2 Å². The van der Waals surface area contributed by atoms with Gasteiger partial charge in [0, 0.05) is 12.0 Å². The van der Waals surface area contributed by atoms with Crippen molar-refractivity contribution in [1.29, 1.82) is 0 Å². The first kappa shape index (κ1) is 8.52. The highest BCUT2D eigenvalue weighted by atomic mass is 16.3. The van der Waals surface area contributed by atoms with Gasteiger partial charge in [-0.1, -0.05) is 6.92 Å². The van der Waals surface area contributed by atoms with Crippen molar-refractivity contribution < 1.29 is 5.11 Å². The van der Waals surface area contributed by atoms with Gasteiger partial charge in [-0.25, -0.2) is 0 Å². The fraction of sp³-hybridized carbons (Fsp3) is 1.00. The van der Waals surface area contributed by atoms with Crippen LogP contribution in [0.5, 0.6) is 0 Å². The van der Waals surface area contributed by atoms with E-state index in [0.717, 1.165) is 25.7 Å². The van der Waals surface area contributed by atoms with E-state index in [1.165, 1.54) is 6.42 Å². The molecule has 3 N–H and O–H groups in total. The molecule has 0 aromatic heterocycles. The molecule has 2 fully saturated rings. The van der Waals surface area contributed by atoms with Crippen LogP contribution in [0.25, 0.3) is 0 Å². The van der Waals surface area contributed by atoms with Gasteiger partial charge < -0.3 is 10.8 Å². The first-order chi connectivity index (χ1) is 5.62. The van der Waals surface area contributed by atoms with Crippen molar-refractivity contribution in [3.05, 3.63) is 0 Å². The van der Waals surface area contributed by atoms with Crippen molar-refractivity contribution in [3.63, 3.8) is 0 Å². The first-order valence-corrected chi connectivity index (χ1v) is 5.04. The van der Waals surface area contributed by atoms with Gasteiger partial charge in [-0.15, -0.1) is 0 Å². The van der Waals surface area contributed by atoms with E-state index >= 15 is 0 Å². The second kappa shape index (κ2) is 2.46. The van der Waals surface area contributed by atoms with Crippen LogP contribution >= 0.6 is 0 Å². The molecule has 0 aromatic rings. The zero-order valence-electron chi connectivity index (χ0n) is 7.84. The Hall–Kier alpha value is -0.0800. The summed E-state index contributed by atoms with van der Waals surface area (Å²) in [6.07, 6.45) is 5.42. The first-order valence-electron chi connectivity index (χ1n) is 5.04. The average molecular weight is 169 g/mol. The highest BCUT2D eigenvalue weighted by Gasteiger charge is 2.59. The highest BCUT2D eigenvalue weighted by Crippen LogP contribution is 2.59. The van der Waals surface area contributed by atoms with Crippen LogP contribution in [0.4, 0.5) is 0 Å². The minimum atomic E-state index is -0.402. The summed E-state index contributed by atoms with van der Waals surface area (Å²) in [4.78, 5) is 0. The lowest BCUT2D eigenvalue weighted by Gasteiger charge is -2.32. The van der Waals surface area contributed by atoms with Crippen LogP contribution in [0, 0.1) is 11.3 Å². The van der Waals surface area contributed by atoms with Gasteiger partial charge in [0.05, 0.1) is 5.60 Å². The van der Waals surface area contributed by atoms with Gasteiger partial charge in [0.2, 0.25) is 0 Å². The van der Waals surface area contributed by atoms with Gasteiger partial charge in [-0.3, -0.25) is 0 Å². The number of hydrogen-bond acceptors (Lipinski definition) is 2. The molecular weight excluding hydrogens is 150 g/mol. The molecule has 12 heavy (non-hydrogen) atoms. The molecule has 0 spiro atoms. The standard InChI is InChI=1S/C10H19NO/c1-8-2-3-10(12,6-8)9(7-11)4-5-9/h8,12H,2-7,11H2,1H3. The molecule has 2 heteroatoms. The van der Waals surface area contributed by atoms with Crippen LogP contribution in [0.1, 0.15) is 39.0 Å². The minimum absolute atomic E-state index is 0.123. The zero-order chi connectivity index (χ0) is 8.82. The van der Waals surface area contributed by atoms with Crippen molar-refractivity contribution in [2.75, 3.05) is 6.54 Å². The maximum Gasteiger partial charge on any atom is 0.0718 e. The third-order valence-electron chi connectivity index (χ3n) is 3.97. The minimum Gasteiger partial charge on any atom is -0.389 e. The Kier molecular flexibility index (Phi) is 1.74. The molecule has 70 valence electrons. The largest absolute Gasteiger partial charge is 0.389 e. The molecule has 0 radical (unpaired) electrons. The van der Waals surface area contributed by atoms with E-state index in [2.05, 4.69) is 6.92 Å². The second-order valence-electron chi connectivity index (χ2n) is 4.86. The van der Waals surface area contributed by atoms with Gasteiger partial charge in [0.25, 0.3) is 0 Å². The Labute approximate surface area is 74.1 Å². The lowest BCUT2D eigenvalue weighted by molar-refractivity contribution is -0.0257. The van der Waals surface area contributed by atoms with Gasteiger partial charge in [-0.2, -0.15) is 0 Å². The van der Waals surface area contributed by atoms with Crippen molar-refractivity contribution in [1.82, 2.24) is 0 Å². The van der Waals surface area contributed by atoms with Gasteiger partial charge in [0.1, 0.15) is 0 Å². The summed E-state index contributed by atoms with van der Waals surface area (Å²) in [7, 11) is 0. The Morgan fingerprint density at radius 2 is 2.08 bits per heavy atom. The van der Waals surface area contributed by atoms with Crippen molar-refractivity contribution in [2.24, 2.45) is 17.1 Å². The Bertz CT molecular complexity index is 188. The SMILES string of the molecule is CC1CCC(O)(C2(CN)CC2)C1. The van der Waals surface area contributed by atoms with Crippen LogP contribution in [0.15, 0.2) is 0 Å². The fourth-order valence-electron chi connectivity index (χ4n) is 2.76. The number of rotatable bonds is 2. The van der Waals surface area contributed by atoms with Crippen LogP contribution in [0.2, 0.25) is 0 Å². The number of hydrogen-bond donors (Lipinski definition) is 2. The van der Waals surface area contributed by atoms with Crippen LogP contribution in [-0.2, 0) is 0 Å². The molecule has 0 amide bonds. The molecule has 2 atom stereocenters. The molecule has 2 rings (SSSR count). The maximum atomic E-state index is 10.4. The Morgan fingerprint density at radius 3 is 2.42 bits per heavy atom. The maximum absolute atomic E-state index is 10.4. The second-order valence-corrected chi connectivity index (χ2v) is 4.86. The van der Waals surface area contributed by atoms with Crippen molar-refractivity contribution >= 4 is 0 Å². The third kappa shape index (κ3) is 1.01. The average Bonchev–Trinajstić information content (AvgIpc) is 2.76. The molecule has 2 nitrogen and oxygen atoms in total. The van der Waals surface area contributed by atoms with E-state index in [0.29, 0.717) is 12.5 Å². The fourth-order valence-corrected chi connectivity index (χ4v) is 2.76. The quantitative estimate of drug-likeness (QED) is 0.654. The predicted octanol–water partition coefficient (Wildman–Crippen LogP) is 1.28. The van der Waals surface area contributed by atoms with Gasteiger partial charge >= 0.3 is 0 Å². The third-order valence-corrected chi connectivity index (χ3v) is 3.97. The van der Waals surface area contributed by atoms with E-state index in [9.17, 15) is 5.11 Å². The van der Waals surface area contributed by atoms with Gasteiger partial charge in [-0.05, 0) is 38.0 Å². The summed E-state index contributed by atoms with van der Waals surface area (Å²) in [6.45, 7) is 2.90. The lowest BCUT2D eigenvalue weighted by Crippen LogP contribution is -2.41. The predicted molar refractivity (Wildman–Crippen MR) is 48.7 cm³/mol. The monoisotopic (exact) mass is 169 g/mol. The summed E-state index contributed by atoms with van der Waals surface area (Å²) in [5.41, 5.74) is 5.44. The van der Waals surface area contributed by atoms with E-state index < -0.39 is 5.60 Å². The lowest BCUT2D eigenvalue weighted by atomic mass is 9.82. The summed E-state index contributed by atoms with van der Waals surface area (Å²) >= 11 is 0. The van der Waals surface area contributed by atoms with Crippen molar-refractivity contribution in [3.8, 4) is 0 Å². The highest BCUT2D eigenvalue weighted by molar-refractivity contribution is 5.11. The molecule has 2 saturated carbocycles. The Morgan fingerprint density at radius 1 is 1.42 bits per heavy atom. The van der Waals surface area contributed by atoms with Crippen LogP contribution in [0.3, 0.4) is 0 Å². The summed E-state index contributed by atoms with van der Waals surface area (Å²) < 4.78 is 0. The van der Waals surface area contributed by atoms with Crippen molar-refractivity contribution in [2.45, 2.75) is 44.6 Å². The molecule has 0 heterocycles. The number of aliphatic hydroxyl groups is 1. The number of nitrogens with two attached hydrogens (primary N) is 1. The van der Waals surface area contributed by atoms with E-state index in [-0.39, 0.29) is 5.41 Å². The molecule has 0 bridgehead atoms. The Balaban J connectivity index is 2.11. The zero-order valence-corrected chi connectivity index (χ0v) is 7.84. The van der Waals surface area contributed by atoms with E-state index in [1.54, 1.807) is 0 Å². The van der Waals surface area contributed by atoms with E-state index in [4.69, 9.17) is 5.73 Å². The molecule has 2 aliphatic rings. The smallest absolute Gasteiger partial charge is 0.0718 e. The molecule has 2 aliphatic carbocycles. The summed E-state index contributed by atoms with van der Waals surface area (Å²) in [5.74, 6) is 0.694. The molecule has 0 aliphatic heterocycles. The normalized spacial score (nSPS) is 44.8.